The highest BCUT2D eigenvalue weighted by Gasteiger charge is 2.32. The van der Waals surface area contributed by atoms with Crippen LogP contribution in [0.4, 0.5) is 13.2 Å². The first-order valence-electron chi connectivity index (χ1n) is 10.7. The van der Waals surface area contributed by atoms with Crippen molar-refractivity contribution in [2.24, 2.45) is 0 Å². The molecular weight excluding hydrogens is 437 g/mol. The molecule has 0 atom stereocenters. The number of halogens is 3. The topological polar surface area (TPSA) is 34.9 Å². The Morgan fingerprint density at radius 3 is 1.91 bits per heavy atom. The first kappa shape index (κ1) is 21.6. The summed E-state index contributed by atoms with van der Waals surface area (Å²) in [4.78, 5) is 17.7. The Morgan fingerprint density at radius 1 is 0.765 bits per heavy atom. The molecule has 0 aliphatic carbocycles. The van der Waals surface area contributed by atoms with Gasteiger partial charge in [-0.2, -0.15) is 13.2 Å². The van der Waals surface area contributed by atoms with E-state index >= 15 is 0 Å². The molecule has 0 aliphatic heterocycles. The van der Waals surface area contributed by atoms with Crippen molar-refractivity contribution < 1.29 is 13.2 Å². The average Bonchev–Trinajstić information content (AvgIpc) is 2.86. The Labute approximate surface area is 193 Å². The summed E-state index contributed by atoms with van der Waals surface area (Å²) in [5, 5.41) is 0.175. The lowest BCUT2D eigenvalue weighted by molar-refractivity contribution is -0.137. The van der Waals surface area contributed by atoms with Gasteiger partial charge in [0.2, 0.25) is 0 Å². The van der Waals surface area contributed by atoms with Gasteiger partial charge in [-0.3, -0.25) is 4.79 Å². The second kappa shape index (κ2) is 8.63. The van der Waals surface area contributed by atoms with Crippen LogP contribution in [0.1, 0.15) is 11.1 Å². The van der Waals surface area contributed by atoms with E-state index in [1.807, 2.05) is 91.0 Å². The number of nitrogens with zero attached hydrogens (tertiary/aromatic N) is 2. The quantitative estimate of drug-likeness (QED) is 0.298. The molecule has 168 valence electrons. The standard InChI is InChI=1S/C28H19F3N2O/c29-28(30,31)22-16-23-24(20-12-6-2-7-13-20)26(21-14-8-3-9-15-21)33(27(34)25(23)32-17-22)18-19-10-4-1-5-11-19/h1-17H,18H2. The molecule has 3 nitrogen and oxygen atoms in total. The third-order valence-corrected chi connectivity index (χ3v) is 5.73. The molecule has 5 rings (SSSR count). The number of pyridine rings is 2. The number of benzene rings is 3. The molecule has 0 spiro atoms. The van der Waals surface area contributed by atoms with Crippen LogP contribution in [0, 0.1) is 0 Å². The molecule has 0 N–H and O–H groups in total. The van der Waals surface area contributed by atoms with Crippen LogP contribution in [0.2, 0.25) is 0 Å². The van der Waals surface area contributed by atoms with Crippen LogP contribution in [-0.2, 0) is 12.7 Å². The van der Waals surface area contributed by atoms with Crippen LogP contribution >= 0.6 is 0 Å². The summed E-state index contributed by atoms with van der Waals surface area (Å²) in [6, 6.07) is 28.9. The van der Waals surface area contributed by atoms with Crippen molar-refractivity contribution in [2.45, 2.75) is 12.7 Å². The molecule has 3 aromatic carbocycles. The lowest BCUT2D eigenvalue weighted by atomic mass is 9.94. The number of hydrogen-bond donors (Lipinski definition) is 0. The van der Waals surface area contributed by atoms with Gasteiger partial charge < -0.3 is 4.57 Å². The van der Waals surface area contributed by atoms with Gasteiger partial charge in [-0.05, 0) is 22.8 Å². The maximum Gasteiger partial charge on any atom is 0.417 e. The van der Waals surface area contributed by atoms with Gasteiger partial charge in [0.1, 0.15) is 5.52 Å². The Balaban J connectivity index is 1.95. The fourth-order valence-corrected chi connectivity index (χ4v) is 4.18. The van der Waals surface area contributed by atoms with Crippen LogP contribution in [0.5, 0.6) is 0 Å². The molecule has 0 radical (unpaired) electrons. The molecule has 2 heterocycles. The van der Waals surface area contributed by atoms with Crippen LogP contribution < -0.4 is 5.56 Å². The minimum Gasteiger partial charge on any atom is -0.301 e. The van der Waals surface area contributed by atoms with E-state index < -0.39 is 17.3 Å². The molecule has 5 aromatic rings. The SMILES string of the molecule is O=c1c2ncc(C(F)(F)F)cc2c(-c2ccccc2)c(-c2ccccc2)n1Cc1ccccc1. The van der Waals surface area contributed by atoms with Gasteiger partial charge in [0.05, 0.1) is 17.8 Å². The van der Waals surface area contributed by atoms with Crippen molar-refractivity contribution in [3.8, 4) is 22.4 Å². The molecule has 0 unspecified atom stereocenters. The van der Waals surface area contributed by atoms with E-state index in [9.17, 15) is 18.0 Å². The maximum absolute atomic E-state index is 13.7. The molecule has 6 heteroatoms. The van der Waals surface area contributed by atoms with Gasteiger partial charge in [0, 0.05) is 17.1 Å². The van der Waals surface area contributed by atoms with E-state index in [0.717, 1.165) is 23.4 Å². The minimum absolute atomic E-state index is 0.00228. The van der Waals surface area contributed by atoms with Crippen molar-refractivity contribution in [1.29, 1.82) is 0 Å². The van der Waals surface area contributed by atoms with Gasteiger partial charge in [0.25, 0.3) is 5.56 Å². The van der Waals surface area contributed by atoms with E-state index in [4.69, 9.17) is 0 Å². The van der Waals surface area contributed by atoms with E-state index in [2.05, 4.69) is 4.98 Å². The normalized spacial score (nSPS) is 11.6. The molecule has 0 saturated carbocycles. The predicted octanol–water partition coefficient (Wildman–Crippen LogP) is 6.80. The van der Waals surface area contributed by atoms with Gasteiger partial charge in [-0.15, -0.1) is 0 Å². The summed E-state index contributed by atoms with van der Waals surface area (Å²) in [5.41, 5.74) is 2.09. The zero-order valence-corrected chi connectivity index (χ0v) is 18.0. The van der Waals surface area contributed by atoms with E-state index in [-0.39, 0.29) is 17.4 Å². The molecule has 2 aromatic heterocycles. The van der Waals surface area contributed by atoms with Crippen molar-refractivity contribution in [3.05, 3.63) is 125 Å². The fourth-order valence-electron chi connectivity index (χ4n) is 4.18. The van der Waals surface area contributed by atoms with Crippen LogP contribution in [-0.4, -0.2) is 9.55 Å². The number of rotatable bonds is 4. The largest absolute Gasteiger partial charge is 0.417 e. The molecule has 0 amide bonds. The second-order valence-electron chi connectivity index (χ2n) is 7.95. The van der Waals surface area contributed by atoms with Crippen molar-refractivity contribution in [1.82, 2.24) is 9.55 Å². The Hall–Kier alpha value is -4.19. The first-order chi connectivity index (χ1) is 16.4. The van der Waals surface area contributed by atoms with Gasteiger partial charge in [-0.25, -0.2) is 4.98 Å². The number of hydrogen-bond acceptors (Lipinski definition) is 2. The smallest absolute Gasteiger partial charge is 0.301 e. The van der Waals surface area contributed by atoms with Crippen molar-refractivity contribution >= 4 is 10.9 Å². The first-order valence-corrected chi connectivity index (χ1v) is 10.7. The van der Waals surface area contributed by atoms with Crippen molar-refractivity contribution in [2.75, 3.05) is 0 Å². The van der Waals surface area contributed by atoms with Crippen LogP contribution in [0.3, 0.4) is 0 Å². The number of fused-ring (bicyclic) bond motifs is 1. The number of aromatic nitrogens is 2. The van der Waals surface area contributed by atoms with Crippen LogP contribution in [0.15, 0.2) is 108 Å². The molecule has 0 bridgehead atoms. The highest BCUT2D eigenvalue weighted by Crippen LogP contribution is 2.39. The van der Waals surface area contributed by atoms with Crippen LogP contribution in [0.25, 0.3) is 33.3 Å². The van der Waals surface area contributed by atoms with E-state index in [1.54, 1.807) is 4.57 Å². The third kappa shape index (κ3) is 3.99. The summed E-state index contributed by atoms with van der Waals surface area (Å²) < 4.78 is 42.5. The second-order valence-corrected chi connectivity index (χ2v) is 7.95. The predicted molar refractivity (Wildman–Crippen MR) is 127 cm³/mol. The molecule has 0 saturated heterocycles. The highest BCUT2D eigenvalue weighted by molar-refractivity contribution is 6.01. The van der Waals surface area contributed by atoms with Crippen molar-refractivity contribution in [3.63, 3.8) is 0 Å². The molecule has 34 heavy (non-hydrogen) atoms. The molecule has 0 aliphatic rings. The highest BCUT2D eigenvalue weighted by atomic mass is 19.4. The lowest BCUT2D eigenvalue weighted by Crippen LogP contribution is -2.25. The van der Waals surface area contributed by atoms with Gasteiger partial charge in [0.15, 0.2) is 0 Å². The lowest BCUT2D eigenvalue weighted by Gasteiger charge is -2.21. The summed E-state index contributed by atoms with van der Waals surface area (Å²) >= 11 is 0. The third-order valence-electron chi connectivity index (χ3n) is 5.73. The average molecular weight is 456 g/mol. The minimum atomic E-state index is -4.58. The molecule has 0 fully saturated rings. The summed E-state index contributed by atoms with van der Waals surface area (Å²) in [6.07, 6.45) is -3.85. The molecular formula is C28H19F3N2O. The van der Waals surface area contributed by atoms with E-state index in [1.165, 1.54) is 0 Å². The Bertz CT molecular complexity index is 1510. The Morgan fingerprint density at radius 2 is 1.32 bits per heavy atom. The Kier molecular flexibility index (Phi) is 5.49. The fraction of sp³-hybridized carbons (Fsp3) is 0.0714. The van der Waals surface area contributed by atoms with Gasteiger partial charge >= 0.3 is 6.18 Å². The monoisotopic (exact) mass is 456 g/mol. The summed E-state index contributed by atoms with van der Waals surface area (Å²) in [6.45, 7) is 0.252. The number of alkyl halides is 3. The zero-order valence-electron chi connectivity index (χ0n) is 18.0. The maximum atomic E-state index is 13.7. The zero-order chi connectivity index (χ0) is 23.7. The van der Waals surface area contributed by atoms with Gasteiger partial charge in [-0.1, -0.05) is 91.0 Å². The van der Waals surface area contributed by atoms with E-state index in [0.29, 0.717) is 16.8 Å². The summed E-state index contributed by atoms with van der Waals surface area (Å²) in [5.74, 6) is 0. The summed E-state index contributed by atoms with van der Waals surface area (Å²) in [7, 11) is 0.